The minimum Gasteiger partial charge on any atom is -0.396 e. The van der Waals surface area contributed by atoms with Gasteiger partial charge in [-0.05, 0) is 36.7 Å². The van der Waals surface area contributed by atoms with Crippen LogP contribution in [0.3, 0.4) is 0 Å². The first-order chi connectivity index (χ1) is 15.2. The van der Waals surface area contributed by atoms with Crippen LogP contribution in [0.2, 0.25) is 0 Å². The second kappa shape index (κ2) is 10.4. The summed E-state index contributed by atoms with van der Waals surface area (Å²) in [6.45, 7) is 7.66. The van der Waals surface area contributed by atoms with E-state index in [0.717, 1.165) is 12.8 Å². The van der Waals surface area contributed by atoms with E-state index in [9.17, 15) is 14.0 Å². The zero-order chi connectivity index (χ0) is 23.3. The molecule has 1 aliphatic rings. The van der Waals surface area contributed by atoms with Gasteiger partial charge < -0.3 is 20.5 Å². The summed E-state index contributed by atoms with van der Waals surface area (Å²) < 4.78 is 21.7. The molecule has 0 aliphatic carbocycles. The molecule has 3 rings (SSSR count). The van der Waals surface area contributed by atoms with E-state index in [4.69, 9.17) is 9.84 Å². The molecule has 3 N–H and O–H groups in total. The van der Waals surface area contributed by atoms with Crippen LogP contribution in [0.1, 0.15) is 50.5 Å². The smallest absolute Gasteiger partial charge is 0.273 e. The van der Waals surface area contributed by atoms with Gasteiger partial charge >= 0.3 is 0 Å². The van der Waals surface area contributed by atoms with Crippen molar-refractivity contribution in [3.63, 3.8) is 0 Å². The van der Waals surface area contributed by atoms with E-state index < -0.39 is 23.2 Å². The van der Waals surface area contributed by atoms with Gasteiger partial charge in [-0.2, -0.15) is 5.10 Å². The van der Waals surface area contributed by atoms with Gasteiger partial charge in [0.25, 0.3) is 5.91 Å². The number of hydrogen-bond acceptors (Lipinski definition) is 5. The molecule has 32 heavy (non-hydrogen) atoms. The number of fused-ring (bicyclic) bond motifs is 1. The number of nitrogens with one attached hydrogen (secondary N) is 2. The van der Waals surface area contributed by atoms with Crippen molar-refractivity contribution < 1.29 is 23.8 Å². The monoisotopic (exact) mass is 448 g/mol. The maximum absolute atomic E-state index is 14.7. The molecule has 1 aromatic heterocycles. The van der Waals surface area contributed by atoms with E-state index in [2.05, 4.69) is 15.7 Å². The van der Waals surface area contributed by atoms with Crippen LogP contribution < -0.4 is 10.6 Å². The van der Waals surface area contributed by atoms with E-state index in [0.29, 0.717) is 49.5 Å². The zero-order valence-electron chi connectivity index (χ0n) is 19.0. The van der Waals surface area contributed by atoms with Gasteiger partial charge in [0.1, 0.15) is 17.4 Å². The molecule has 2 amide bonds. The second-order valence-corrected chi connectivity index (χ2v) is 9.36. The van der Waals surface area contributed by atoms with Gasteiger partial charge in [-0.25, -0.2) is 4.39 Å². The number of halogens is 1. The number of hydrogen-bond donors (Lipinski definition) is 3. The standard InChI is InChI=1S/C23H33FN4O4/c1-23(2,3)20(22(31)25-10-5-11-29)26-21(30)18-16-6-4-7-17(24)19(16)28(27-18)14-15-8-12-32-13-9-15/h4,6-7,15,20,29H,5,8-14H2,1-3H3,(H,25,31)(H,26,30)/t20-/m1/s1. The van der Waals surface area contributed by atoms with Crippen LogP contribution in [-0.4, -0.2) is 59.1 Å². The Morgan fingerprint density at radius 1 is 1.31 bits per heavy atom. The van der Waals surface area contributed by atoms with Crippen molar-refractivity contribution in [2.24, 2.45) is 11.3 Å². The molecule has 2 aromatic rings. The third-order valence-electron chi connectivity index (χ3n) is 5.75. The summed E-state index contributed by atoms with van der Waals surface area (Å²) in [4.78, 5) is 25.9. The van der Waals surface area contributed by atoms with Crippen molar-refractivity contribution in [2.75, 3.05) is 26.4 Å². The first-order valence-electron chi connectivity index (χ1n) is 11.1. The minimum absolute atomic E-state index is 0.0328. The lowest BCUT2D eigenvalue weighted by molar-refractivity contribution is -0.125. The Bertz CT molecular complexity index is 947. The van der Waals surface area contributed by atoms with Crippen LogP contribution in [0.25, 0.3) is 10.9 Å². The highest BCUT2D eigenvalue weighted by atomic mass is 19.1. The molecule has 8 nitrogen and oxygen atoms in total. The molecule has 0 bridgehead atoms. The summed E-state index contributed by atoms with van der Waals surface area (Å²) in [7, 11) is 0. The van der Waals surface area contributed by atoms with Crippen molar-refractivity contribution in [2.45, 2.75) is 52.6 Å². The third kappa shape index (κ3) is 5.63. The van der Waals surface area contributed by atoms with Crippen LogP contribution in [0.5, 0.6) is 0 Å². The first-order valence-corrected chi connectivity index (χ1v) is 11.1. The molecule has 9 heteroatoms. The normalized spacial score (nSPS) is 16.2. The van der Waals surface area contributed by atoms with Crippen LogP contribution in [0.15, 0.2) is 18.2 Å². The minimum atomic E-state index is -0.821. The van der Waals surface area contributed by atoms with Crippen LogP contribution >= 0.6 is 0 Å². The Balaban J connectivity index is 1.87. The van der Waals surface area contributed by atoms with Crippen molar-refractivity contribution >= 4 is 22.7 Å². The lowest BCUT2D eigenvalue weighted by atomic mass is 9.86. The molecular formula is C23H33FN4O4. The number of carbonyl (C=O) groups excluding carboxylic acids is 2. The summed E-state index contributed by atoms with van der Waals surface area (Å²) >= 11 is 0. The van der Waals surface area contributed by atoms with Crippen LogP contribution in [-0.2, 0) is 16.1 Å². The molecular weight excluding hydrogens is 415 g/mol. The van der Waals surface area contributed by atoms with E-state index in [1.54, 1.807) is 16.8 Å². The topological polar surface area (TPSA) is 105 Å². The number of para-hydroxylation sites is 1. The molecule has 1 atom stereocenters. The average Bonchev–Trinajstić information content (AvgIpc) is 3.11. The Kier molecular flexibility index (Phi) is 7.84. The lowest BCUT2D eigenvalue weighted by Crippen LogP contribution is -2.53. The highest BCUT2D eigenvalue weighted by Gasteiger charge is 2.34. The molecule has 0 unspecified atom stereocenters. The van der Waals surface area contributed by atoms with Crippen LogP contribution in [0.4, 0.5) is 4.39 Å². The Morgan fingerprint density at radius 2 is 2.03 bits per heavy atom. The highest BCUT2D eigenvalue weighted by Crippen LogP contribution is 2.26. The summed E-state index contributed by atoms with van der Waals surface area (Å²) in [6, 6.07) is 3.77. The number of aliphatic hydroxyl groups is 1. The molecule has 0 saturated carbocycles. The van der Waals surface area contributed by atoms with Gasteiger partial charge in [-0.1, -0.05) is 32.9 Å². The van der Waals surface area contributed by atoms with Gasteiger partial charge in [0.2, 0.25) is 5.91 Å². The summed E-state index contributed by atoms with van der Waals surface area (Å²) in [5.41, 5.74) is -0.169. The van der Waals surface area contributed by atoms with Crippen LogP contribution in [0, 0.1) is 17.2 Å². The van der Waals surface area contributed by atoms with Gasteiger partial charge in [-0.15, -0.1) is 0 Å². The maximum Gasteiger partial charge on any atom is 0.273 e. The van der Waals surface area contributed by atoms with E-state index in [1.165, 1.54) is 6.07 Å². The average molecular weight is 449 g/mol. The molecule has 0 radical (unpaired) electrons. The Hall–Kier alpha value is -2.52. The Morgan fingerprint density at radius 3 is 2.69 bits per heavy atom. The van der Waals surface area contributed by atoms with E-state index in [-0.39, 0.29) is 18.2 Å². The molecule has 1 saturated heterocycles. The number of rotatable bonds is 8. The Labute approximate surface area is 187 Å². The van der Waals surface area contributed by atoms with Gasteiger partial charge in [0.15, 0.2) is 5.69 Å². The van der Waals surface area contributed by atoms with E-state index >= 15 is 0 Å². The maximum atomic E-state index is 14.7. The molecule has 1 fully saturated rings. The van der Waals surface area contributed by atoms with Gasteiger partial charge in [0.05, 0.1) is 0 Å². The number of nitrogens with zero attached hydrogens (tertiary/aromatic N) is 2. The lowest BCUT2D eigenvalue weighted by Gasteiger charge is -2.30. The molecule has 1 aliphatic heterocycles. The number of aliphatic hydroxyl groups excluding tert-OH is 1. The molecule has 2 heterocycles. The largest absolute Gasteiger partial charge is 0.396 e. The highest BCUT2D eigenvalue weighted by molar-refractivity contribution is 6.06. The predicted molar refractivity (Wildman–Crippen MR) is 119 cm³/mol. The molecule has 176 valence electrons. The fraction of sp³-hybridized carbons (Fsp3) is 0.609. The zero-order valence-corrected chi connectivity index (χ0v) is 19.0. The third-order valence-corrected chi connectivity index (χ3v) is 5.75. The summed E-state index contributed by atoms with van der Waals surface area (Å²) in [5, 5.41) is 19.4. The van der Waals surface area contributed by atoms with E-state index in [1.807, 2.05) is 20.8 Å². The van der Waals surface area contributed by atoms with Gasteiger partial charge in [-0.3, -0.25) is 14.3 Å². The number of amides is 2. The molecule has 1 aromatic carbocycles. The fourth-order valence-electron chi connectivity index (χ4n) is 3.93. The van der Waals surface area contributed by atoms with Crippen molar-refractivity contribution in [1.29, 1.82) is 0 Å². The quantitative estimate of drug-likeness (QED) is 0.537. The SMILES string of the molecule is CC(C)(C)[C@H](NC(=O)c1nn(CC2CCOCC2)c2c(F)cccc12)C(=O)NCCCO. The summed E-state index contributed by atoms with van der Waals surface area (Å²) in [6.07, 6.45) is 2.14. The fourth-order valence-corrected chi connectivity index (χ4v) is 3.93. The van der Waals surface area contributed by atoms with Crippen molar-refractivity contribution in [1.82, 2.24) is 20.4 Å². The van der Waals surface area contributed by atoms with Crippen molar-refractivity contribution in [3.05, 3.63) is 29.7 Å². The number of aromatic nitrogens is 2. The predicted octanol–water partition coefficient (Wildman–Crippen LogP) is 2.25. The number of carbonyl (C=O) groups is 2. The number of benzene rings is 1. The second-order valence-electron chi connectivity index (χ2n) is 9.36. The molecule has 0 spiro atoms. The van der Waals surface area contributed by atoms with Gasteiger partial charge in [0, 0.05) is 38.3 Å². The summed E-state index contributed by atoms with van der Waals surface area (Å²) in [5.74, 6) is -1.00. The first kappa shape index (κ1) is 24.1. The van der Waals surface area contributed by atoms with Crippen molar-refractivity contribution in [3.8, 4) is 0 Å². The number of ether oxygens (including phenoxy) is 1.